The molecule has 2 aromatic heterocycles. The number of aliphatic hydroxyl groups is 1. The van der Waals surface area contributed by atoms with Gasteiger partial charge in [-0.2, -0.15) is 0 Å². The summed E-state index contributed by atoms with van der Waals surface area (Å²) in [5, 5.41) is 14.8. The summed E-state index contributed by atoms with van der Waals surface area (Å²) in [7, 11) is 0. The highest BCUT2D eigenvalue weighted by atomic mass is 16.3. The molecule has 4 rings (SSSR count). The Hall–Kier alpha value is -2.72. The van der Waals surface area contributed by atoms with Crippen LogP contribution in [0.2, 0.25) is 0 Å². The van der Waals surface area contributed by atoms with Gasteiger partial charge in [0.1, 0.15) is 5.82 Å². The van der Waals surface area contributed by atoms with Crippen molar-refractivity contribution >= 4 is 22.8 Å². The third-order valence-electron chi connectivity index (χ3n) is 5.26. The SMILES string of the molecule is OC(C=Cc1cnc2ccccc2c1)CCCCc1ccc2c(n1)NCCC2. The van der Waals surface area contributed by atoms with Gasteiger partial charge >= 0.3 is 0 Å². The lowest BCUT2D eigenvalue weighted by molar-refractivity contribution is 0.209. The maximum atomic E-state index is 10.2. The summed E-state index contributed by atoms with van der Waals surface area (Å²) < 4.78 is 0. The van der Waals surface area contributed by atoms with Crippen molar-refractivity contribution in [3.05, 3.63) is 71.6 Å². The largest absolute Gasteiger partial charge is 0.389 e. The number of fused-ring (bicyclic) bond motifs is 2. The van der Waals surface area contributed by atoms with Crippen LogP contribution in [0.3, 0.4) is 0 Å². The average molecular weight is 374 g/mol. The van der Waals surface area contributed by atoms with Crippen molar-refractivity contribution in [1.82, 2.24) is 9.97 Å². The summed E-state index contributed by atoms with van der Waals surface area (Å²) in [6, 6.07) is 14.5. The van der Waals surface area contributed by atoms with E-state index in [4.69, 9.17) is 4.98 Å². The van der Waals surface area contributed by atoms with Crippen LogP contribution in [0.15, 0.2) is 54.7 Å². The van der Waals surface area contributed by atoms with Gasteiger partial charge in [-0.15, -0.1) is 0 Å². The van der Waals surface area contributed by atoms with Gasteiger partial charge in [0, 0.05) is 23.8 Å². The fourth-order valence-corrected chi connectivity index (χ4v) is 3.67. The van der Waals surface area contributed by atoms with Gasteiger partial charge in [-0.3, -0.25) is 4.98 Å². The molecule has 1 aliphatic heterocycles. The van der Waals surface area contributed by atoms with E-state index in [0.717, 1.165) is 66.6 Å². The van der Waals surface area contributed by atoms with Gasteiger partial charge in [0.25, 0.3) is 0 Å². The highest BCUT2D eigenvalue weighted by Crippen LogP contribution is 2.20. The minimum atomic E-state index is -0.426. The molecule has 0 saturated carbocycles. The van der Waals surface area contributed by atoms with Gasteiger partial charge in [-0.25, -0.2) is 4.98 Å². The van der Waals surface area contributed by atoms with E-state index in [0.29, 0.717) is 0 Å². The van der Waals surface area contributed by atoms with Crippen molar-refractivity contribution in [2.24, 2.45) is 0 Å². The van der Waals surface area contributed by atoms with E-state index in [1.807, 2.05) is 36.5 Å². The number of pyridine rings is 2. The zero-order chi connectivity index (χ0) is 19.2. The van der Waals surface area contributed by atoms with Gasteiger partial charge in [0.2, 0.25) is 0 Å². The van der Waals surface area contributed by atoms with E-state index in [-0.39, 0.29) is 0 Å². The minimum Gasteiger partial charge on any atom is -0.389 e. The molecule has 0 spiro atoms. The van der Waals surface area contributed by atoms with Gasteiger partial charge < -0.3 is 10.4 Å². The molecule has 4 heteroatoms. The Morgan fingerprint density at radius 2 is 2.07 bits per heavy atom. The van der Waals surface area contributed by atoms with Gasteiger partial charge in [-0.05, 0) is 61.4 Å². The normalized spacial score (nSPS) is 14.8. The van der Waals surface area contributed by atoms with Crippen LogP contribution in [0.1, 0.15) is 42.5 Å². The quantitative estimate of drug-likeness (QED) is 0.586. The first-order chi connectivity index (χ1) is 13.8. The summed E-state index contributed by atoms with van der Waals surface area (Å²) >= 11 is 0. The molecular weight excluding hydrogens is 346 g/mol. The molecule has 2 N–H and O–H groups in total. The van der Waals surface area contributed by atoms with Crippen LogP contribution in [-0.4, -0.2) is 27.7 Å². The monoisotopic (exact) mass is 373 g/mol. The number of benzene rings is 1. The second-order valence-electron chi connectivity index (χ2n) is 7.47. The van der Waals surface area contributed by atoms with Crippen molar-refractivity contribution in [3.63, 3.8) is 0 Å². The summed E-state index contributed by atoms with van der Waals surface area (Å²) in [4.78, 5) is 9.19. The minimum absolute atomic E-state index is 0.426. The summed E-state index contributed by atoms with van der Waals surface area (Å²) in [6.45, 7) is 1.02. The zero-order valence-corrected chi connectivity index (χ0v) is 16.1. The number of aromatic nitrogens is 2. The number of hydrogen-bond donors (Lipinski definition) is 2. The Bertz CT molecular complexity index is 967. The maximum absolute atomic E-state index is 10.2. The van der Waals surface area contributed by atoms with Crippen LogP contribution in [0.25, 0.3) is 17.0 Å². The Labute approximate surface area is 166 Å². The highest BCUT2D eigenvalue weighted by Gasteiger charge is 2.10. The Morgan fingerprint density at radius 3 is 3.04 bits per heavy atom. The molecular formula is C24H27N3O. The number of aliphatic hydroxyl groups excluding tert-OH is 1. The summed E-state index contributed by atoms with van der Waals surface area (Å²) in [6.07, 6.45) is 11.3. The number of nitrogens with zero attached hydrogens (tertiary/aromatic N) is 2. The first-order valence-electron chi connectivity index (χ1n) is 10.2. The number of nitrogens with one attached hydrogen (secondary N) is 1. The first kappa shape index (κ1) is 18.6. The van der Waals surface area contributed by atoms with Crippen LogP contribution in [-0.2, 0) is 12.8 Å². The predicted octanol–water partition coefficient (Wildman–Crippen LogP) is 4.78. The topological polar surface area (TPSA) is 58.0 Å². The van der Waals surface area contributed by atoms with Crippen molar-refractivity contribution < 1.29 is 5.11 Å². The number of rotatable bonds is 7. The van der Waals surface area contributed by atoms with E-state index in [2.05, 4.69) is 34.6 Å². The average Bonchev–Trinajstić information content (AvgIpc) is 2.75. The molecule has 144 valence electrons. The van der Waals surface area contributed by atoms with E-state index in [1.165, 1.54) is 12.0 Å². The predicted molar refractivity (Wildman–Crippen MR) is 115 cm³/mol. The molecule has 1 unspecified atom stereocenters. The molecule has 1 aromatic carbocycles. The number of unbranched alkanes of at least 4 members (excludes halogenated alkanes) is 1. The molecule has 1 aliphatic rings. The van der Waals surface area contributed by atoms with Gasteiger partial charge in [-0.1, -0.05) is 42.8 Å². The molecule has 28 heavy (non-hydrogen) atoms. The highest BCUT2D eigenvalue weighted by molar-refractivity contribution is 5.80. The van der Waals surface area contributed by atoms with E-state index in [1.54, 1.807) is 0 Å². The second kappa shape index (κ2) is 8.98. The Balaban J connectivity index is 1.24. The van der Waals surface area contributed by atoms with Crippen LogP contribution < -0.4 is 5.32 Å². The van der Waals surface area contributed by atoms with Crippen molar-refractivity contribution in [1.29, 1.82) is 0 Å². The third kappa shape index (κ3) is 4.76. The van der Waals surface area contributed by atoms with Crippen LogP contribution in [0, 0.1) is 0 Å². The molecule has 0 saturated heterocycles. The second-order valence-corrected chi connectivity index (χ2v) is 7.47. The molecule has 3 heterocycles. The van der Waals surface area contributed by atoms with E-state index < -0.39 is 6.10 Å². The molecule has 0 amide bonds. The lowest BCUT2D eigenvalue weighted by Gasteiger charge is -2.17. The van der Waals surface area contributed by atoms with E-state index >= 15 is 0 Å². The fraction of sp³-hybridized carbons (Fsp3) is 0.333. The lowest BCUT2D eigenvalue weighted by atomic mass is 10.0. The lowest BCUT2D eigenvalue weighted by Crippen LogP contribution is -2.14. The van der Waals surface area contributed by atoms with Crippen LogP contribution >= 0.6 is 0 Å². The zero-order valence-electron chi connectivity index (χ0n) is 16.1. The fourth-order valence-electron chi connectivity index (χ4n) is 3.67. The van der Waals surface area contributed by atoms with E-state index in [9.17, 15) is 5.11 Å². The molecule has 4 nitrogen and oxygen atoms in total. The Kier molecular flexibility index (Phi) is 5.98. The first-order valence-corrected chi connectivity index (χ1v) is 10.2. The molecule has 0 bridgehead atoms. The van der Waals surface area contributed by atoms with Crippen LogP contribution in [0.4, 0.5) is 5.82 Å². The number of aryl methyl sites for hydroxylation is 2. The summed E-state index contributed by atoms with van der Waals surface area (Å²) in [5.74, 6) is 1.07. The van der Waals surface area contributed by atoms with Gasteiger partial charge in [0.05, 0.1) is 11.6 Å². The van der Waals surface area contributed by atoms with Crippen molar-refractivity contribution in [2.75, 3.05) is 11.9 Å². The number of hydrogen-bond acceptors (Lipinski definition) is 4. The standard InChI is InChI=1S/C24H27N3O/c28-22(14-11-18-16-20-6-1-4-10-23(20)26-17-18)9-3-2-8-21-13-12-19-7-5-15-25-24(19)27-21/h1,4,6,10-14,16-17,22,28H,2-3,5,7-9,15H2,(H,25,27). The third-order valence-corrected chi connectivity index (χ3v) is 5.26. The number of para-hydroxylation sites is 1. The van der Waals surface area contributed by atoms with Gasteiger partial charge in [0.15, 0.2) is 0 Å². The molecule has 1 atom stereocenters. The number of anilines is 1. The molecule has 3 aromatic rings. The smallest absolute Gasteiger partial charge is 0.129 e. The molecule has 0 aliphatic carbocycles. The van der Waals surface area contributed by atoms with Crippen LogP contribution in [0.5, 0.6) is 0 Å². The van der Waals surface area contributed by atoms with Crippen molar-refractivity contribution in [2.45, 2.75) is 44.6 Å². The Morgan fingerprint density at radius 1 is 1.14 bits per heavy atom. The summed E-state index contributed by atoms with van der Waals surface area (Å²) in [5.41, 5.74) is 4.48. The molecule has 0 fully saturated rings. The van der Waals surface area contributed by atoms with Crippen molar-refractivity contribution in [3.8, 4) is 0 Å². The molecule has 0 radical (unpaired) electrons. The maximum Gasteiger partial charge on any atom is 0.129 e.